The lowest BCUT2D eigenvalue weighted by Crippen LogP contribution is -2.48. The van der Waals surface area contributed by atoms with Crippen molar-refractivity contribution in [3.8, 4) is 0 Å². The zero-order valence-corrected chi connectivity index (χ0v) is 16.3. The molecule has 0 aliphatic carbocycles. The van der Waals surface area contributed by atoms with Crippen molar-refractivity contribution < 1.29 is 14.4 Å². The molecule has 0 bridgehead atoms. The standard InChI is InChI=1S/C23H21N3O3/c1-14(2)13-19(26-22(28)16-9-3-4-10-17(16)23(26)29)21(27)25-18-11-5-7-15-8-6-12-24-20(15)18/h3-12,14,19H,13H2,1-2H3,(H,25,27)/t19-/m0/s1. The molecule has 0 spiro atoms. The number of anilines is 1. The molecule has 0 saturated carbocycles. The van der Waals surface area contributed by atoms with Crippen LogP contribution >= 0.6 is 0 Å². The van der Waals surface area contributed by atoms with Crippen LogP contribution in [0, 0.1) is 5.92 Å². The van der Waals surface area contributed by atoms with Gasteiger partial charge in [-0.2, -0.15) is 0 Å². The van der Waals surface area contributed by atoms with Crippen LogP contribution in [0.25, 0.3) is 10.9 Å². The zero-order chi connectivity index (χ0) is 20.5. The summed E-state index contributed by atoms with van der Waals surface area (Å²) in [5.74, 6) is -1.14. The first-order valence-corrected chi connectivity index (χ1v) is 9.59. The summed E-state index contributed by atoms with van der Waals surface area (Å²) in [6, 6.07) is 15.0. The van der Waals surface area contributed by atoms with E-state index in [4.69, 9.17) is 0 Å². The molecule has 6 nitrogen and oxygen atoms in total. The van der Waals surface area contributed by atoms with Gasteiger partial charge in [-0.3, -0.25) is 24.3 Å². The third-order valence-electron chi connectivity index (χ3n) is 5.03. The Labute approximate surface area is 168 Å². The monoisotopic (exact) mass is 387 g/mol. The highest BCUT2D eigenvalue weighted by Crippen LogP contribution is 2.28. The maximum atomic E-state index is 13.2. The van der Waals surface area contributed by atoms with Crippen molar-refractivity contribution >= 4 is 34.3 Å². The molecule has 6 heteroatoms. The fourth-order valence-corrected chi connectivity index (χ4v) is 3.69. The van der Waals surface area contributed by atoms with Crippen molar-refractivity contribution in [3.05, 3.63) is 71.9 Å². The summed E-state index contributed by atoms with van der Waals surface area (Å²) in [4.78, 5) is 44.5. The van der Waals surface area contributed by atoms with E-state index in [1.165, 1.54) is 0 Å². The number of carbonyl (C=O) groups is 3. The predicted octanol–water partition coefficient (Wildman–Crippen LogP) is 3.88. The summed E-state index contributed by atoms with van der Waals surface area (Å²) in [6.07, 6.45) is 2.03. The summed E-state index contributed by atoms with van der Waals surface area (Å²) in [5.41, 5.74) is 1.89. The van der Waals surface area contributed by atoms with Gasteiger partial charge in [0.15, 0.2) is 0 Å². The van der Waals surface area contributed by atoms with E-state index in [0.717, 1.165) is 10.3 Å². The van der Waals surface area contributed by atoms with E-state index in [1.54, 1.807) is 36.5 Å². The van der Waals surface area contributed by atoms with Gasteiger partial charge in [0.05, 0.1) is 22.3 Å². The lowest BCUT2D eigenvalue weighted by molar-refractivity contribution is -0.120. The van der Waals surface area contributed by atoms with Gasteiger partial charge in [0, 0.05) is 11.6 Å². The molecule has 0 unspecified atom stereocenters. The molecule has 1 N–H and O–H groups in total. The van der Waals surface area contributed by atoms with Crippen molar-refractivity contribution in [3.63, 3.8) is 0 Å². The molecule has 2 heterocycles. The summed E-state index contributed by atoms with van der Waals surface area (Å²) in [6.45, 7) is 3.91. The van der Waals surface area contributed by atoms with Crippen molar-refractivity contribution in [2.45, 2.75) is 26.3 Å². The number of imide groups is 1. The average molecular weight is 387 g/mol. The number of aromatic nitrogens is 1. The maximum absolute atomic E-state index is 13.2. The molecule has 3 aromatic rings. The molecule has 0 fully saturated rings. The molecule has 29 heavy (non-hydrogen) atoms. The summed E-state index contributed by atoms with van der Waals surface area (Å²) in [7, 11) is 0. The fourth-order valence-electron chi connectivity index (χ4n) is 3.69. The van der Waals surface area contributed by atoms with Gasteiger partial charge in [0.1, 0.15) is 6.04 Å². The Bertz CT molecular complexity index is 1080. The van der Waals surface area contributed by atoms with E-state index in [9.17, 15) is 14.4 Å². The summed E-state index contributed by atoms with van der Waals surface area (Å²) < 4.78 is 0. The zero-order valence-electron chi connectivity index (χ0n) is 16.3. The van der Waals surface area contributed by atoms with Crippen LogP contribution in [0.3, 0.4) is 0 Å². The topological polar surface area (TPSA) is 79.4 Å². The van der Waals surface area contributed by atoms with Gasteiger partial charge in [0.25, 0.3) is 11.8 Å². The van der Waals surface area contributed by atoms with Crippen molar-refractivity contribution in [1.82, 2.24) is 9.88 Å². The lowest BCUT2D eigenvalue weighted by Gasteiger charge is -2.27. The van der Waals surface area contributed by atoms with Crippen LogP contribution in [0.1, 0.15) is 41.0 Å². The molecule has 0 radical (unpaired) electrons. The number of carbonyl (C=O) groups excluding carboxylic acids is 3. The Morgan fingerprint density at radius 1 is 0.966 bits per heavy atom. The minimum absolute atomic E-state index is 0.112. The summed E-state index contributed by atoms with van der Waals surface area (Å²) in [5, 5.41) is 3.78. The van der Waals surface area contributed by atoms with Crippen molar-refractivity contribution in [1.29, 1.82) is 0 Å². The Hall–Kier alpha value is -3.54. The van der Waals surface area contributed by atoms with Crippen LogP contribution in [0.15, 0.2) is 60.8 Å². The number of pyridine rings is 1. The summed E-state index contributed by atoms with van der Waals surface area (Å²) >= 11 is 0. The molecule has 1 atom stereocenters. The van der Waals surface area contributed by atoms with Crippen molar-refractivity contribution in [2.75, 3.05) is 5.32 Å². The number of hydrogen-bond donors (Lipinski definition) is 1. The Morgan fingerprint density at radius 2 is 1.62 bits per heavy atom. The van der Waals surface area contributed by atoms with Gasteiger partial charge in [0.2, 0.25) is 5.91 Å². The average Bonchev–Trinajstić information content (AvgIpc) is 2.97. The largest absolute Gasteiger partial charge is 0.322 e. The Morgan fingerprint density at radius 3 is 2.28 bits per heavy atom. The van der Waals surface area contributed by atoms with Gasteiger partial charge in [-0.25, -0.2) is 0 Å². The SMILES string of the molecule is CC(C)C[C@@H](C(=O)Nc1cccc2cccnc12)N1C(=O)c2ccccc2C1=O. The maximum Gasteiger partial charge on any atom is 0.262 e. The molecule has 1 aromatic heterocycles. The first kappa shape index (κ1) is 18.8. The van der Waals surface area contributed by atoms with Gasteiger partial charge in [-0.05, 0) is 36.6 Å². The number of nitrogens with one attached hydrogen (secondary N) is 1. The van der Waals surface area contributed by atoms with Crippen LogP contribution in [-0.2, 0) is 4.79 Å². The van der Waals surface area contributed by atoms with E-state index in [-0.39, 0.29) is 5.92 Å². The number of benzene rings is 2. The van der Waals surface area contributed by atoms with E-state index < -0.39 is 23.8 Å². The van der Waals surface area contributed by atoms with Crippen LogP contribution in [-0.4, -0.2) is 33.6 Å². The molecule has 0 saturated heterocycles. The van der Waals surface area contributed by atoms with Gasteiger partial charge in [-0.1, -0.05) is 44.2 Å². The predicted molar refractivity (Wildman–Crippen MR) is 111 cm³/mol. The van der Waals surface area contributed by atoms with Crippen LogP contribution in [0.4, 0.5) is 5.69 Å². The third kappa shape index (κ3) is 3.38. The van der Waals surface area contributed by atoms with E-state index in [0.29, 0.717) is 28.8 Å². The second-order valence-corrected chi connectivity index (χ2v) is 7.54. The van der Waals surface area contributed by atoms with Crippen LogP contribution in [0.2, 0.25) is 0 Å². The van der Waals surface area contributed by atoms with Gasteiger partial charge in [-0.15, -0.1) is 0 Å². The number of rotatable bonds is 5. The highest BCUT2D eigenvalue weighted by molar-refractivity contribution is 6.23. The molecule has 146 valence electrons. The highest BCUT2D eigenvalue weighted by Gasteiger charge is 2.42. The first-order valence-electron chi connectivity index (χ1n) is 9.59. The fraction of sp³-hybridized carbons (Fsp3) is 0.217. The molecular weight excluding hydrogens is 366 g/mol. The molecule has 4 rings (SSSR count). The molecular formula is C23H21N3O3. The number of fused-ring (bicyclic) bond motifs is 2. The second kappa shape index (κ2) is 7.47. The second-order valence-electron chi connectivity index (χ2n) is 7.54. The minimum Gasteiger partial charge on any atom is -0.322 e. The quantitative estimate of drug-likeness (QED) is 0.674. The number of amides is 3. The van der Waals surface area contributed by atoms with Gasteiger partial charge < -0.3 is 5.32 Å². The van der Waals surface area contributed by atoms with Crippen LogP contribution in [0.5, 0.6) is 0 Å². The third-order valence-corrected chi connectivity index (χ3v) is 5.03. The number of nitrogens with zero attached hydrogens (tertiary/aromatic N) is 2. The molecule has 3 amide bonds. The Kier molecular flexibility index (Phi) is 4.84. The molecule has 1 aliphatic rings. The smallest absolute Gasteiger partial charge is 0.262 e. The number of hydrogen-bond acceptors (Lipinski definition) is 4. The number of para-hydroxylation sites is 1. The molecule has 1 aliphatic heterocycles. The Balaban J connectivity index is 1.68. The normalized spacial score (nSPS) is 14.4. The van der Waals surface area contributed by atoms with Gasteiger partial charge >= 0.3 is 0 Å². The molecule has 2 aromatic carbocycles. The van der Waals surface area contributed by atoms with E-state index in [2.05, 4.69) is 10.3 Å². The van der Waals surface area contributed by atoms with Crippen molar-refractivity contribution in [2.24, 2.45) is 5.92 Å². The van der Waals surface area contributed by atoms with E-state index >= 15 is 0 Å². The van der Waals surface area contributed by atoms with E-state index in [1.807, 2.05) is 38.1 Å². The lowest BCUT2D eigenvalue weighted by atomic mass is 10.0. The highest BCUT2D eigenvalue weighted by atomic mass is 16.2. The minimum atomic E-state index is -0.902. The first-order chi connectivity index (χ1) is 14.0. The van der Waals surface area contributed by atoms with Crippen LogP contribution < -0.4 is 5.32 Å².